The summed E-state index contributed by atoms with van der Waals surface area (Å²) >= 11 is 0. The highest BCUT2D eigenvalue weighted by Crippen LogP contribution is 2.30. The number of rotatable bonds is 3. The number of benzene rings is 2. The minimum Gasteiger partial charge on any atom is -0.256 e. The smallest absolute Gasteiger partial charge is 0.256 e. The summed E-state index contributed by atoms with van der Waals surface area (Å²) < 4.78 is 38.0. The lowest BCUT2D eigenvalue weighted by Crippen LogP contribution is -2.52. The van der Waals surface area contributed by atoms with Gasteiger partial charge >= 0.3 is 6.18 Å². The Balaban J connectivity index is 1.88. The zero-order chi connectivity index (χ0) is 18.1. The SMILES string of the molecule is C[Si](C)(c1ccccc1)c1ccc(-c2ccc(C(F)(F)F)cc2)nc1. The van der Waals surface area contributed by atoms with Crippen molar-refractivity contribution in [2.24, 2.45) is 0 Å². The van der Waals surface area contributed by atoms with E-state index >= 15 is 0 Å². The summed E-state index contributed by atoms with van der Waals surface area (Å²) in [5.74, 6) is 0. The van der Waals surface area contributed by atoms with E-state index in [9.17, 15) is 13.2 Å². The molecule has 0 spiro atoms. The van der Waals surface area contributed by atoms with Crippen LogP contribution in [-0.4, -0.2) is 13.1 Å². The van der Waals surface area contributed by atoms with E-state index in [2.05, 4.69) is 30.2 Å². The molecule has 3 aromatic rings. The molecular formula is C20H18F3NSi. The highest BCUT2D eigenvalue weighted by Gasteiger charge is 2.30. The molecule has 0 atom stereocenters. The molecule has 0 saturated heterocycles. The Morgan fingerprint density at radius 1 is 0.760 bits per heavy atom. The fourth-order valence-electron chi connectivity index (χ4n) is 2.79. The standard InChI is InChI=1S/C20H18F3NSi/c1-25(2,17-6-4-3-5-7-17)18-12-13-19(24-14-18)15-8-10-16(11-9-15)20(21,22)23/h3-14H,1-2H3. The average Bonchev–Trinajstić information content (AvgIpc) is 2.62. The summed E-state index contributed by atoms with van der Waals surface area (Å²) in [7, 11) is -1.82. The van der Waals surface area contributed by atoms with Gasteiger partial charge in [0.25, 0.3) is 0 Å². The molecule has 3 rings (SSSR count). The van der Waals surface area contributed by atoms with E-state index in [1.54, 1.807) is 0 Å². The Bertz CT molecular complexity index is 839. The van der Waals surface area contributed by atoms with Gasteiger partial charge in [-0.3, -0.25) is 4.98 Å². The molecule has 0 aliphatic rings. The molecule has 0 saturated carbocycles. The minimum absolute atomic E-state index is 0.648. The Morgan fingerprint density at radius 2 is 1.40 bits per heavy atom. The second-order valence-corrected chi connectivity index (χ2v) is 10.9. The number of hydrogen-bond acceptors (Lipinski definition) is 1. The second-order valence-electron chi connectivity index (χ2n) is 6.50. The van der Waals surface area contributed by atoms with E-state index in [4.69, 9.17) is 0 Å². The Morgan fingerprint density at radius 3 is 1.92 bits per heavy atom. The number of halogens is 3. The maximum atomic E-state index is 12.7. The van der Waals surface area contributed by atoms with Crippen molar-refractivity contribution in [3.8, 4) is 11.3 Å². The molecule has 0 fully saturated rings. The number of hydrogen-bond donors (Lipinski definition) is 0. The fraction of sp³-hybridized carbons (Fsp3) is 0.150. The molecule has 0 bridgehead atoms. The monoisotopic (exact) mass is 357 g/mol. The molecule has 0 N–H and O–H groups in total. The summed E-state index contributed by atoms with van der Waals surface area (Å²) in [4.78, 5) is 4.49. The highest BCUT2D eigenvalue weighted by molar-refractivity contribution is 7.00. The van der Waals surface area contributed by atoms with E-state index in [1.807, 2.05) is 36.5 Å². The zero-order valence-corrected chi connectivity index (χ0v) is 15.0. The quantitative estimate of drug-likeness (QED) is 0.625. The van der Waals surface area contributed by atoms with E-state index in [0.29, 0.717) is 11.3 Å². The van der Waals surface area contributed by atoms with Crippen LogP contribution >= 0.6 is 0 Å². The van der Waals surface area contributed by atoms with Gasteiger partial charge < -0.3 is 0 Å². The molecule has 0 aliphatic heterocycles. The molecule has 128 valence electrons. The third-order valence-corrected chi connectivity index (χ3v) is 8.00. The first-order valence-corrected chi connectivity index (χ1v) is 11.0. The second kappa shape index (κ2) is 6.48. The normalized spacial score (nSPS) is 12.2. The van der Waals surface area contributed by atoms with Gasteiger partial charge in [-0.15, -0.1) is 0 Å². The number of nitrogens with zero attached hydrogens (tertiary/aromatic N) is 1. The van der Waals surface area contributed by atoms with Gasteiger partial charge in [-0.2, -0.15) is 13.2 Å². The lowest BCUT2D eigenvalue weighted by molar-refractivity contribution is -0.137. The van der Waals surface area contributed by atoms with Crippen molar-refractivity contribution in [3.05, 3.63) is 78.5 Å². The molecule has 0 aliphatic carbocycles. The topological polar surface area (TPSA) is 12.9 Å². The van der Waals surface area contributed by atoms with E-state index < -0.39 is 19.8 Å². The molecule has 5 heteroatoms. The van der Waals surface area contributed by atoms with Crippen LogP contribution in [0.2, 0.25) is 13.1 Å². The van der Waals surface area contributed by atoms with Gasteiger partial charge in [-0.05, 0) is 23.4 Å². The maximum Gasteiger partial charge on any atom is 0.416 e. The third-order valence-electron chi connectivity index (χ3n) is 4.49. The van der Waals surface area contributed by atoms with Crippen LogP contribution in [0.1, 0.15) is 5.56 Å². The summed E-state index contributed by atoms with van der Waals surface area (Å²) in [6.07, 6.45) is -2.46. The van der Waals surface area contributed by atoms with Gasteiger partial charge in [-0.1, -0.05) is 66.8 Å². The Hall–Kier alpha value is -2.40. The molecular weight excluding hydrogens is 339 g/mol. The first-order valence-electron chi connectivity index (χ1n) is 7.98. The summed E-state index contributed by atoms with van der Waals surface area (Å²) in [6, 6.07) is 19.4. The van der Waals surface area contributed by atoms with Crippen LogP contribution in [0.3, 0.4) is 0 Å². The van der Waals surface area contributed by atoms with Crippen LogP contribution in [0.4, 0.5) is 13.2 Å². The van der Waals surface area contributed by atoms with Crippen molar-refractivity contribution in [2.45, 2.75) is 19.3 Å². The van der Waals surface area contributed by atoms with Crippen LogP contribution in [0.25, 0.3) is 11.3 Å². The van der Waals surface area contributed by atoms with Crippen molar-refractivity contribution in [2.75, 3.05) is 0 Å². The first kappa shape index (κ1) is 17.4. The van der Waals surface area contributed by atoms with Crippen LogP contribution in [-0.2, 0) is 6.18 Å². The number of pyridine rings is 1. The number of alkyl halides is 3. The summed E-state index contributed by atoms with van der Waals surface area (Å²) in [5.41, 5.74) is 0.708. The highest BCUT2D eigenvalue weighted by atomic mass is 28.3. The molecule has 1 aromatic heterocycles. The number of aromatic nitrogens is 1. The summed E-state index contributed by atoms with van der Waals surface area (Å²) in [5, 5.41) is 2.51. The van der Waals surface area contributed by atoms with E-state index in [1.165, 1.54) is 22.5 Å². The zero-order valence-electron chi connectivity index (χ0n) is 14.0. The van der Waals surface area contributed by atoms with Crippen LogP contribution in [0.15, 0.2) is 72.9 Å². The fourth-order valence-corrected chi connectivity index (χ4v) is 5.03. The molecule has 0 amide bonds. The van der Waals surface area contributed by atoms with Gasteiger partial charge in [0.2, 0.25) is 0 Å². The maximum absolute atomic E-state index is 12.7. The molecule has 1 nitrogen and oxygen atoms in total. The van der Waals surface area contributed by atoms with Crippen LogP contribution in [0.5, 0.6) is 0 Å². The lowest BCUT2D eigenvalue weighted by atomic mass is 10.1. The molecule has 0 radical (unpaired) electrons. The van der Waals surface area contributed by atoms with Crippen molar-refractivity contribution < 1.29 is 13.2 Å². The van der Waals surface area contributed by atoms with Gasteiger partial charge in [0.1, 0.15) is 8.07 Å². The van der Waals surface area contributed by atoms with Crippen LogP contribution < -0.4 is 10.4 Å². The van der Waals surface area contributed by atoms with Gasteiger partial charge in [-0.25, -0.2) is 0 Å². The van der Waals surface area contributed by atoms with Gasteiger partial charge in [0.05, 0.1) is 11.3 Å². The summed E-state index contributed by atoms with van der Waals surface area (Å²) in [6.45, 7) is 4.52. The lowest BCUT2D eigenvalue weighted by Gasteiger charge is -2.23. The van der Waals surface area contributed by atoms with Crippen molar-refractivity contribution in [1.82, 2.24) is 4.98 Å². The molecule has 0 unspecified atom stereocenters. The van der Waals surface area contributed by atoms with Crippen molar-refractivity contribution in [3.63, 3.8) is 0 Å². The first-order chi connectivity index (χ1) is 11.8. The molecule has 2 aromatic carbocycles. The Labute approximate surface area is 146 Å². The van der Waals surface area contributed by atoms with Crippen molar-refractivity contribution in [1.29, 1.82) is 0 Å². The predicted molar refractivity (Wildman–Crippen MR) is 97.9 cm³/mol. The average molecular weight is 357 g/mol. The van der Waals surface area contributed by atoms with Gasteiger partial charge in [0, 0.05) is 11.8 Å². The largest absolute Gasteiger partial charge is 0.416 e. The predicted octanol–water partition coefficient (Wildman–Crippen LogP) is 4.59. The van der Waals surface area contributed by atoms with Gasteiger partial charge in [0.15, 0.2) is 0 Å². The minimum atomic E-state index is -4.32. The third kappa shape index (κ3) is 3.66. The van der Waals surface area contributed by atoms with Crippen molar-refractivity contribution >= 4 is 18.4 Å². The molecule has 25 heavy (non-hydrogen) atoms. The van der Waals surface area contributed by atoms with E-state index in [-0.39, 0.29) is 0 Å². The molecule has 1 heterocycles. The van der Waals surface area contributed by atoms with E-state index in [0.717, 1.165) is 12.1 Å². The van der Waals surface area contributed by atoms with Crippen LogP contribution in [0, 0.1) is 0 Å². The Kier molecular flexibility index (Phi) is 4.52.